The summed E-state index contributed by atoms with van der Waals surface area (Å²) in [6.45, 7) is 5.78. The molecule has 0 bridgehead atoms. The second-order valence-corrected chi connectivity index (χ2v) is 5.48. The number of hydrogen-bond donors (Lipinski definition) is 1. The average Bonchev–Trinajstić information content (AvgIpc) is 2.55. The highest BCUT2D eigenvalue weighted by atomic mass is 16.5. The number of rotatable bonds is 8. The molecule has 2 rings (SSSR count). The van der Waals surface area contributed by atoms with E-state index in [1.165, 1.54) is 0 Å². The molecule has 3 nitrogen and oxygen atoms in total. The maximum atomic E-state index is 5.84. The van der Waals surface area contributed by atoms with Crippen LogP contribution in [0.1, 0.15) is 25.0 Å². The van der Waals surface area contributed by atoms with Crippen LogP contribution in [0.2, 0.25) is 0 Å². The Morgan fingerprint density at radius 1 is 0.957 bits per heavy atom. The predicted molar refractivity (Wildman–Crippen MR) is 93.5 cm³/mol. The normalized spacial score (nSPS) is 10.3. The minimum absolute atomic E-state index is 0.161. The molecule has 0 unspecified atom stereocenters. The minimum atomic E-state index is 0.161. The summed E-state index contributed by atoms with van der Waals surface area (Å²) in [4.78, 5) is 0. The first-order valence-corrected chi connectivity index (χ1v) is 7.80. The van der Waals surface area contributed by atoms with Gasteiger partial charge >= 0.3 is 0 Å². The Kier molecular flexibility index (Phi) is 6.53. The van der Waals surface area contributed by atoms with E-state index in [1.54, 1.807) is 0 Å². The fourth-order valence-electron chi connectivity index (χ4n) is 2.26. The maximum absolute atomic E-state index is 5.84. The van der Waals surface area contributed by atoms with Crippen LogP contribution in [0.25, 0.3) is 0 Å². The van der Waals surface area contributed by atoms with E-state index in [2.05, 4.69) is 17.3 Å². The van der Waals surface area contributed by atoms with E-state index < -0.39 is 0 Å². The lowest BCUT2D eigenvalue weighted by Crippen LogP contribution is -2.15. The zero-order valence-electron chi connectivity index (χ0n) is 13.7. The van der Waals surface area contributed by atoms with Gasteiger partial charge in [0.05, 0.1) is 6.10 Å². The SMILES string of the molecule is C#CCOc1ccccc1CNCc1ccccc1OC(C)C. The molecule has 0 saturated carbocycles. The molecule has 0 heterocycles. The number of terminal acetylenes is 1. The molecule has 0 atom stereocenters. The Hall–Kier alpha value is -2.44. The molecule has 2 aromatic rings. The summed E-state index contributed by atoms with van der Waals surface area (Å²) in [6, 6.07) is 16.0. The van der Waals surface area contributed by atoms with Crippen LogP contribution in [-0.2, 0) is 13.1 Å². The van der Waals surface area contributed by atoms with Crippen LogP contribution in [0.15, 0.2) is 48.5 Å². The van der Waals surface area contributed by atoms with E-state index in [4.69, 9.17) is 15.9 Å². The Morgan fingerprint density at radius 2 is 1.52 bits per heavy atom. The first kappa shape index (κ1) is 16.9. The van der Waals surface area contributed by atoms with Crippen molar-refractivity contribution < 1.29 is 9.47 Å². The van der Waals surface area contributed by atoms with Gasteiger partial charge in [-0.05, 0) is 26.0 Å². The average molecular weight is 309 g/mol. The van der Waals surface area contributed by atoms with Gasteiger partial charge in [0.1, 0.15) is 18.1 Å². The number of para-hydroxylation sites is 2. The summed E-state index contributed by atoms with van der Waals surface area (Å²) in [6.07, 6.45) is 5.42. The first-order valence-electron chi connectivity index (χ1n) is 7.80. The van der Waals surface area contributed by atoms with Crippen molar-refractivity contribution in [1.82, 2.24) is 5.32 Å². The number of nitrogens with one attached hydrogen (secondary N) is 1. The van der Waals surface area contributed by atoms with E-state index in [9.17, 15) is 0 Å². The molecule has 0 radical (unpaired) electrons. The van der Waals surface area contributed by atoms with Crippen molar-refractivity contribution in [3.8, 4) is 23.8 Å². The molecule has 0 saturated heterocycles. The molecular weight excluding hydrogens is 286 g/mol. The fraction of sp³-hybridized carbons (Fsp3) is 0.300. The van der Waals surface area contributed by atoms with Gasteiger partial charge < -0.3 is 14.8 Å². The molecule has 0 spiro atoms. The molecule has 0 aliphatic rings. The van der Waals surface area contributed by atoms with Gasteiger partial charge in [-0.15, -0.1) is 6.42 Å². The van der Waals surface area contributed by atoms with Gasteiger partial charge in [-0.3, -0.25) is 0 Å². The van der Waals surface area contributed by atoms with Crippen LogP contribution in [0, 0.1) is 12.3 Å². The van der Waals surface area contributed by atoms with Crippen LogP contribution in [0.3, 0.4) is 0 Å². The van der Waals surface area contributed by atoms with Crippen LogP contribution in [-0.4, -0.2) is 12.7 Å². The third-order valence-electron chi connectivity index (χ3n) is 3.25. The highest BCUT2D eigenvalue weighted by Gasteiger charge is 2.06. The largest absolute Gasteiger partial charge is 0.491 e. The predicted octanol–water partition coefficient (Wildman–Crippen LogP) is 3.78. The lowest BCUT2D eigenvalue weighted by atomic mass is 10.1. The molecule has 0 amide bonds. The summed E-state index contributed by atoms with van der Waals surface area (Å²) in [5, 5.41) is 3.44. The number of ether oxygens (including phenoxy) is 2. The lowest BCUT2D eigenvalue weighted by Gasteiger charge is -2.15. The second kappa shape index (κ2) is 8.87. The van der Waals surface area contributed by atoms with Gasteiger partial charge in [0, 0.05) is 24.2 Å². The fourth-order valence-corrected chi connectivity index (χ4v) is 2.26. The van der Waals surface area contributed by atoms with Gasteiger partial charge in [-0.25, -0.2) is 0 Å². The van der Waals surface area contributed by atoms with Crippen molar-refractivity contribution in [3.05, 3.63) is 59.7 Å². The van der Waals surface area contributed by atoms with Gasteiger partial charge in [-0.1, -0.05) is 42.3 Å². The topological polar surface area (TPSA) is 30.5 Å². The van der Waals surface area contributed by atoms with E-state index in [0.717, 1.165) is 29.2 Å². The van der Waals surface area contributed by atoms with Crippen LogP contribution in [0.4, 0.5) is 0 Å². The Morgan fingerprint density at radius 3 is 2.13 bits per heavy atom. The number of benzene rings is 2. The minimum Gasteiger partial charge on any atom is -0.491 e. The summed E-state index contributed by atoms with van der Waals surface area (Å²) < 4.78 is 11.4. The molecule has 0 aliphatic heterocycles. The van der Waals surface area contributed by atoms with Crippen molar-refractivity contribution in [2.75, 3.05) is 6.61 Å². The Balaban J connectivity index is 1.97. The lowest BCUT2D eigenvalue weighted by molar-refractivity contribution is 0.239. The van der Waals surface area contributed by atoms with Crippen LogP contribution >= 0.6 is 0 Å². The van der Waals surface area contributed by atoms with Crippen molar-refractivity contribution in [2.24, 2.45) is 0 Å². The highest BCUT2D eigenvalue weighted by Crippen LogP contribution is 2.21. The molecule has 2 aromatic carbocycles. The summed E-state index contributed by atoms with van der Waals surface area (Å²) in [5.41, 5.74) is 2.23. The smallest absolute Gasteiger partial charge is 0.148 e. The van der Waals surface area contributed by atoms with Crippen molar-refractivity contribution in [1.29, 1.82) is 0 Å². The second-order valence-electron chi connectivity index (χ2n) is 5.48. The molecule has 120 valence electrons. The van der Waals surface area contributed by atoms with Gasteiger partial charge in [0.2, 0.25) is 0 Å². The van der Waals surface area contributed by atoms with E-state index >= 15 is 0 Å². The van der Waals surface area contributed by atoms with Gasteiger partial charge in [-0.2, -0.15) is 0 Å². The summed E-state index contributed by atoms with van der Waals surface area (Å²) >= 11 is 0. The molecule has 1 N–H and O–H groups in total. The maximum Gasteiger partial charge on any atom is 0.148 e. The Labute approximate surface area is 138 Å². The van der Waals surface area contributed by atoms with Gasteiger partial charge in [0.15, 0.2) is 0 Å². The Bertz CT molecular complexity index is 659. The van der Waals surface area contributed by atoms with E-state index in [1.807, 2.05) is 56.3 Å². The zero-order chi connectivity index (χ0) is 16.5. The van der Waals surface area contributed by atoms with Crippen molar-refractivity contribution in [2.45, 2.75) is 33.0 Å². The molecular formula is C20H23NO2. The summed E-state index contributed by atoms with van der Waals surface area (Å²) in [7, 11) is 0. The van der Waals surface area contributed by atoms with E-state index in [-0.39, 0.29) is 12.7 Å². The first-order chi connectivity index (χ1) is 11.2. The zero-order valence-corrected chi connectivity index (χ0v) is 13.7. The van der Waals surface area contributed by atoms with Gasteiger partial charge in [0.25, 0.3) is 0 Å². The third-order valence-corrected chi connectivity index (χ3v) is 3.25. The standard InChI is InChI=1S/C20H23NO2/c1-4-13-22-19-11-7-5-9-17(19)14-21-15-18-10-6-8-12-20(18)23-16(2)3/h1,5-12,16,21H,13-15H2,2-3H3. The monoisotopic (exact) mass is 309 g/mol. The quantitative estimate of drug-likeness (QED) is 0.753. The van der Waals surface area contributed by atoms with Crippen LogP contribution in [0.5, 0.6) is 11.5 Å². The molecule has 0 fully saturated rings. The van der Waals surface area contributed by atoms with Crippen molar-refractivity contribution in [3.63, 3.8) is 0 Å². The van der Waals surface area contributed by atoms with Crippen molar-refractivity contribution >= 4 is 0 Å². The molecule has 23 heavy (non-hydrogen) atoms. The molecule has 0 aliphatic carbocycles. The van der Waals surface area contributed by atoms with Crippen LogP contribution < -0.4 is 14.8 Å². The molecule has 0 aromatic heterocycles. The van der Waals surface area contributed by atoms with E-state index in [0.29, 0.717) is 6.54 Å². The third kappa shape index (κ3) is 5.36. The highest BCUT2D eigenvalue weighted by molar-refractivity contribution is 5.35. The summed E-state index contributed by atoms with van der Waals surface area (Å²) in [5.74, 6) is 4.24. The molecule has 3 heteroatoms. The number of hydrogen-bond acceptors (Lipinski definition) is 3.